The quantitative estimate of drug-likeness (QED) is 0.853. The molecule has 1 amide bonds. The molecule has 0 atom stereocenters. The first-order chi connectivity index (χ1) is 9.90. The largest absolute Gasteiger partial charge is 0.508 e. The Hall–Kier alpha value is -2.11. The maximum Gasteiger partial charge on any atom is 0.259 e. The number of rotatable bonds is 3. The van der Waals surface area contributed by atoms with Crippen LogP contribution in [-0.4, -0.2) is 23.0 Å². The summed E-state index contributed by atoms with van der Waals surface area (Å²) in [7, 11) is 1.62. The van der Waals surface area contributed by atoms with Crippen molar-refractivity contribution in [2.24, 2.45) is 5.73 Å². The number of thiocarbonyl (C=S) groups is 1. The zero-order valence-corrected chi connectivity index (χ0v) is 12.8. The predicted molar refractivity (Wildman–Crippen MR) is 88.2 cm³/mol. The van der Waals surface area contributed by atoms with Crippen molar-refractivity contribution < 1.29 is 9.90 Å². The number of aromatic hydroxyl groups is 1. The van der Waals surface area contributed by atoms with Crippen molar-refractivity contribution in [3.05, 3.63) is 58.6 Å². The Balaban J connectivity index is 2.30. The monoisotopic (exact) mass is 320 g/mol. The first-order valence-electron chi connectivity index (χ1n) is 6.06. The summed E-state index contributed by atoms with van der Waals surface area (Å²) in [5.41, 5.74) is 7.16. The molecular formula is C15H13ClN2O2S. The Kier molecular flexibility index (Phi) is 4.45. The number of halogens is 1. The average Bonchev–Trinajstić information content (AvgIpc) is 2.48. The molecule has 0 saturated heterocycles. The van der Waals surface area contributed by atoms with Crippen LogP contribution in [0.2, 0.25) is 5.02 Å². The lowest BCUT2D eigenvalue weighted by molar-refractivity contribution is 0.0993. The molecule has 2 aromatic rings. The number of nitrogens with zero attached hydrogens (tertiary/aromatic N) is 1. The molecule has 3 N–H and O–H groups in total. The predicted octanol–water partition coefficient (Wildman–Crippen LogP) is 2.96. The number of amides is 1. The highest BCUT2D eigenvalue weighted by atomic mass is 35.5. The lowest BCUT2D eigenvalue weighted by atomic mass is 10.1. The van der Waals surface area contributed by atoms with Crippen LogP contribution in [0.3, 0.4) is 0 Å². The van der Waals surface area contributed by atoms with E-state index in [0.717, 1.165) is 5.56 Å². The fourth-order valence-corrected chi connectivity index (χ4v) is 2.16. The van der Waals surface area contributed by atoms with Gasteiger partial charge in [-0.3, -0.25) is 4.79 Å². The van der Waals surface area contributed by atoms with E-state index < -0.39 is 0 Å². The minimum absolute atomic E-state index is 0.0139. The molecule has 2 aromatic carbocycles. The van der Waals surface area contributed by atoms with Gasteiger partial charge in [0.15, 0.2) is 0 Å². The second-order valence-electron chi connectivity index (χ2n) is 4.44. The van der Waals surface area contributed by atoms with E-state index in [0.29, 0.717) is 10.7 Å². The van der Waals surface area contributed by atoms with Crippen molar-refractivity contribution >= 4 is 40.4 Å². The van der Waals surface area contributed by atoms with Crippen LogP contribution >= 0.6 is 23.8 Å². The van der Waals surface area contributed by atoms with Gasteiger partial charge in [-0.05, 0) is 42.5 Å². The summed E-state index contributed by atoms with van der Waals surface area (Å²) in [6.45, 7) is 0. The molecule has 0 spiro atoms. The van der Waals surface area contributed by atoms with Gasteiger partial charge in [-0.1, -0.05) is 23.8 Å². The minimum Gasteiger partial charge on any atom is -0.508 e. The number of nitrogens with two attached hydrogens (primary N) is 1. The van der Waals surface area contributed by atoms with Crippen molar-refractivity contribution in [2.75, 3.05) is 11.9 Å². The van der Waals surface area contributed by atoms with E-state index in [9.17, 15) is 9.90 Å². The van der Waals surface area contributed by atoms with Crippen LogP contribution in [0.1, 0.15) is 15.9 Å². The summed E-state index contributed by atoms with van der Waals surface area (Å²) in [5, 5.41) is 9.76. The SMILES string of the molecule is CN(C(=O)c1cc(O)ccc1Cl)c1ccc(C(N)=S)cc1. The van der Waals surface area contributed by atoms with E-state index in [1.165, 1.54) is 23.1 Å². The molecule has 0 fully saturated rings. The minimum atomic E-state index is -0.320. The molecule has 21 heavy (non-hydrogen) atoms. The van der Waals surface area contributed by atoms with Gasteiger partial charge >= 0.3 is 0 Å². The molecule has 108 valence electrons. The van der Waals surface area contributed by atoms with Crippen LogP contribution < -0.4 is 10.6 Å². The Bertz CT molecular complexity index is 701. The average molecular weight is 321 g/mol. The third kappa shape index (κ3) is 3.32. The van der Waals surface area contributed by atoms with E-state index in [-0.39, 0.29) is 22.2 Å². The van der Waals surface area contributed by atoms with Crippen molar-refractivity contribution in [3.63, 3.8) is 0 Å². The summed E-state index contributed by atoms with van der Waals surface area (Å²) >= 11 is 10.9. The van der Waals surface area contributed by atoms with E-state index in [4.69, 9.17) is 29.6 Å². The Labute approximate surface area is 132 Å². The maximum absolute atomic E-state index is 12.4. The Morgan fingerprint density at radius 3 is 2.43 bits per heavy atom. The summed E-state index contributed by atoms with van der Waals surface area (Å²) in [6, 6.07) is 11.2. The third-order valence-corrected chi connectivity index (χ3v) is 3.59. The van der Waals surface area contributed by atoms with Crippen LogP contribution in [0.4, 0.5) is 5.69 Å². The number of hydrogen-bond acceptors (Lipinski definition) is 3. The van der Waals surface area contributed by atoms with Crippen molar-refractivity contribution in [3.8, 4) is 5.75 Å². The molecule has 0 aliphatic carbocycles. The molecule has 0 aliphatic rings. The van der Waals surface area contributed by atoms with Crippen molar-refractivity contribution in [2.45, 2.75) is 0 Å². The van der Waals surface area contributed by atoms with Crippen LogP contribution in [-0.2, 0) is 0 Å². The molecule has 0 saturated carbocycles. The Morgan fingerprint density at radius 2 is 1.86 bits per heavy atom. The van der Waals surface area contributed by atoms with Crippen LogP contribution in [0.5, 0.6) is 5.75 Å². The molecule has 0 aliphatic heterocycles. The van der Waals surface area contributed by atoms with Crippen LogP contribution in [0.15, 0.2) is 42.5 Å². The lowest BCUT2D eigenvalue weighted by Gasteiger charge is -2.18. The number of hydrogen-bond donors (Lipinski definition) is 2. The van der Waals surface area contributed by atoms with E-state index in [1.54, 1.807) is 31.3 Å². The van der Waals surface area contributed by atoms with Gasteiger partial charge in [-0.2, -0.15) is 0 Å². The molecule has 0 heterocycles. The summed E-state index contributed by atoms with van der Waals surface area (Å²) in [5.74, 6) is -0.334. The van der Waals surface area contributed by atoms with Gasteiger partial charge in [0.2, 0.25) is 0 Å². The van der Waals surface area contributed by atoms with Gasteiger partial charge in [0.25, 0.3) is 5.91 Å². The number of benzene rings is 2. The first-order valence-corrected chi connectivity index (χ1v) is 6.85. The van der Waals surface area contributed by atoms with Crippen LogP contribution in [0.25, 0.3) is 0 Å². The van der Waals surface area contributed by atoms with Gasteiger partial charge in [-0.15, -0.1) is 0 Å². The van der Waals surface area contributed by atoms with Gasteiger partial charge in [0.05, 0.1) is 10.6 Å². The second kappa shape index (κ2) is 6.11. The maximum atomic E-state index is 12.4. The Morgan fingerprint density at radius 1 is 1.24 bits per heavy atom. The molecular weight excluding hydrogens is 308 g/mol. The molecule has 4 nitrogen and oxygen atoms in total. The van der Waals surface area contributed by atoms with Crippen molar-refractivity contribution in [1.82, 2.24) is 0 Å². The second-order valence-corrected chi connectivity index (χ2v) is 5.29. The number of phenolic OH excluding ortho intramolecular Hbond substituents is 1. The standard InChI is InChI=1S/C15H13ClN2O2S/c1-18(10-4-2-9(3-5-10)14(17)21)15(20)12-8-11(19)6-7-13(12)16/h2-8,19H,1H3,(H2,17,21). The van der Waals surface area contributed by atoms with Crippen molar-refractivity contribution in [1.29, 1.82) is 0 Å². The smallest absolute Gasteiger partial charge is 0.259 e. The highest BCUT2D eigenvalue weighted by Crippen LogP contribution is 2.24. The van der Waals surface area contributed by atoms with Gasteiger partial charge in [0, 0.05) is 18.3 Å². The third-order valence-electron chi connectivity index (χ3n) is 3.02. The van der Waals surface area contributed by atoms with E-state index in [1.807, 2.05) is 0 Å². The van der Waals surface area contributed by atoms with Gasteiger partial charge in [-0.25, -0.2) is 0 Å². The molecule has 2 rings (SSSR count). The molecule has 0 radical (unpaired) electrons. The highest BCUT2D eigenvalue weighted by molar-refractivity contribution is 7.80. The van der Waals surface area contributed by atoms with E-state index >= 15 is 0 Å². The fourth-order valence-electron chi connectivity index (χ4n) is 1.82. The summed E-state index contributed by atoms with van der Waals surface area (Å²) in [6.07, 6.45) is 0. The summed E-state index contributed by atoms with van der Waals surface area (Å²) in [4.78, 5) is 14.1. The fraction of sp³-hybridized carbons (Fsp3) is 0.0667. The number of phenols is 1. The number of carbonyl (C=O) groups is 1. The summed E-state index contributed by atoms with van der Waals surface area (Å²) < 4.78 is 0. The van der Waals surface area contributed by atoms with E-state index in [2.05, 4.69) is 0 Å². The first kappa shape index (κ1) is 15.3. The molecule has 0 unspecified atom stereocenters. The number of anilines is 1. The topological polar surface area (TPSA) is 66.6 Å². The molecule has 6 heteroatoms. The van der Waals surface area contributed by atoms with Crippen LogP contribution in [0, 0.1) is 0 Å². The van der Waals surface area contributed by atoms with Gasteiger partial charge < -0.3 is 15.7 Å². The lowest BCUT2D eigenvalue weighted by Crippen LogP contribution is -2.26. The molecule has 0 aromatic heterocycles. The highest BCUT2D eigenvalue weighted by Gasteiger charge is 2.17. The number of carbonyl (C=O) groups excluding carboxylic acids is 1. The van der Waals surface area contributed by atoms with Gasteiger partial charge in [0.1, 0.15) is 10.7 Å². The zero-order chi connectivity index (χ0) is 15.6. The normalized spacial score (nSPS) is 10.2. The molecule has 0 bridgehead atoms. The zero-order valence-electron chi connectivity index (χ0n) is 11.2.